The van der Waals surface area contributed by atoms with Crippen molar-refractivity contribution < 1.29 is 4.79 Å². The molecule has 6 nitrogen and oxygen atoms in total. The lowest BCUT2D eigenvalue weighted by molar-refractivity contribution is 0.0943. The third-order valence-electron chi connectivity index (χ3n) is 6.05. The third-order valence-corrected chi connectivity index (χ3v) is 6.05. The molecule has 0 atom stereocenters. The zero-order valence-electron chi connectivity index (χ0n) is 18.6. The second kappa shape index (κ2) is 9.33. The first-order valence-electron chi connectivity index (χ1n) is 11.0. The lowest BCUT2D eigenvalue weighted by Crippen LogP contribution is -2.34. The molecule has 1 fully saturated rings. The summed E-state index contributed by atoms with van der Waals surface area (Å²) in [6.45, 7) is 2.76. The summed E-state index contributed by atoms with van der Waals surface area (Å²) in [5.41, 5.74) is 2.85. The van der Waals surface area contributed by atoms with Crippen molar-refractivity contribution in [3.63, 3.8) is 0 Å². The SMILES string of the molecule is Cc1ccc(C(=O)NC[C@H]2CC[C@@H](Nc3nc(N(C)C)c4ccccc4n3)CC2)cc1. The van der Waals surface area contributed by atoms with Crippen LogP contribution in [0.15, 0.2) is 48.5 Å². The van der Waals surface area contributed by atoms with Gasteiger partial charge in [0, 0.05) is 37.6 Å². The number of carbonyl (C=O) groups is 1. The minimum Gasteiger partial charge on any atom is -0.362 e. The number of anilines is 2. The normalized spacial score (nSPS) is 18.5. The van der Waals surface area contributed by atoms with Crippen LogP contribution in [0.3, 0.4) is 0 Å². The van der Waals surface area contributed by atoms with Gasteiger partial charge in [0.25, 0.3) is 5.91 Å². The molecule has 1 aromatic heterocycles. The van der Waals surface area contributed by atoms with Crippen molar-refractivity contribution in [2.75, 3.05) is 30.9 Å². The van der Waals surface area contributed by atoms with Gasteiger partial charge in [-0.2, -0.15) is 4.98 Å². The number of nitrogens with zero attached hydrogens (tertiary/aromatic N) is 3. The number of aromatic nitrogens is 2. The quantitative estimate of drug-likeness (QED) is 0.622. The predicted molar refractivity (Wildman–Crippen MR) is 127 cm³/mol. The molecular weight excluding hydrogens is 386 g/mol. The lowest BCUT2D eigenvalue weighted by atomic mass is 9.86. The van der Waals surface area contributed by atoms with E-state index in [-0.39, 0.29) is 5.91 Å². The summed E-state index contributed by atoms with van der Waals surface area (Å²) in [7, 11) is 4.02. The average molecular weight is 418 g/mol. The fourth-order valence-electron chi connectivity index (χ4n) is 4.20. The van der Waals surface area contributed by atoms with Crippen LogP contribution in [0, 0.1) is 12.8 Å². The largest absolute Gasteiger partial charge is 0.362 e. The van der Waals surface area contributed by atoms with E-state index < -0.39 is 0 Å². The Morgan fingerprint density at radius 2 is 1.71 bits per heavy atom. The second-order valence-electron chi connectivity index (χ2n) is 8.72. The molecule has 2 N–H and O–H groups in total. The summed E-state index contributed by atoms with van der Waals surface area (Å²) >= 11 is 0. The zero-order valence-corrected chi connectivity index (χ0v) is 18.6. The van der Waals surface area contributed by atoms with Gasteiger partial charge in [-0.25, -0.2) is 4.98 Å². The summed E-state index contributed by atoms with van der Waals surface area (Å²) in [5.74, 6) is 2.16. The molecule has 1 aliphatic carbocycles. The van der Waals surface area contributed by atoms with Crippen LogP contribution in [0.25, 0.3) is 10.9 Å². The molecule has 1 heterocycles. The molecule has 31 heavy (non-hydrogen) atoms. The predicted octanol–water partition coefficient (Wildman–Crippen LogP) is 4.40. The van der Waals surface area contributed by atoms with Crippen LogP contribution in [0.2, 0.25) is 0 Å². The van der Waals surface area contributed by atoms with Crippen molar-refractivity contribution in [3.8, 4) is 0 Å². The van der Waals surface area contributed by atoms with Gasteiger partial charge in [-0.05, 0) is 62.8 Å². The molecule has 4 rings (SSSR count). The maximum atomic E-state index is 12.4. The number of carbonyl (C=O) groups excluding carboxylic acids is 1. The van der Waals surface area contributed by atoms with Gasteiger partial charge >= 0.3 is 0 Å². The monoisotopic (exact) mass is 417 g/mol. The first kappa shape index (κ1) is 21.1. The number of hydrogen-bond acceptors (Lipinski definition) is 5. The number of nitrogens with one attached hydrogen (secondary N) is 2. The Balaban J connectivity index is 1.31. The number of rotatable bonds is 6. The molecule has 0 spiro atoms. The number of fused-ring (bicyclic) bond motifs is 1. The van der Waals surface area contributed by atoms with E-state index in [0.717, 1.165) is 60.1 Å². The number of benzene rings is 2. The first-order valence-corrected chi connectivity index (χ1v) is 11.0. The van der Waals surface area contributed by atoms with E-state index in [9.17, 15) is 4.79 Å². The van der Waals surface area contributed by atoms with Gasteiger partial charge in [0.1, 0.15) is 5.82 Å². The maximum absolute atomic E-state index is 12.4. The highest BCUT2D eigenvalue weighted by Crippen LogP contribution is 2.28. The smallest absolute Gasteiger partial charge is 0.251 e. The summed E-state index contributed by atoms with van der Waals surface area (Å²) in [6.07, 6.45) is 4.27. The van der Waals surface area contributed by atoms with Crippen molar-refractivity contribution in [1.29, 1.82) is 0 Å². The van der Waals surface area contributed by atoms with Gasteiger partial charge in [0.15, 0.2) is 0 Å². The van der Waals surface area contributed by atoms with Gasteiger partial charge in [0.2, 0.25) is 5.95 Å². The third kappa shape index (κ3) is 5.13. The molecular formula is C25H31N5O. The molecule has 6 heteroatoms. The van der Waals surface area contributed by atoms with Crippen LogP contribution >= 0.6 is 0 Å². The zero-order chi connectivity index (χ0) is 21.8. The van der Waals surface area contributed by atoms with Gasteiger partial charge in [0.05, 0.1) is 5.52 Å². The molecule has 1 aliphatic rings. The Bertz CT molecular complexity index is 1040. The van der Waals surface area contributed by atoms with Gasteiger partial charge < -0.3 is 15.5 Å². The van der Waals surface area contributed by atoms with Crippen molar-refractivity contribution in [2.24, 2.45) is 5.92 Å². The fourth-order valence-corrected chi connectivity index (χ4v) is 4.20. The van der Waals surface area contributed by atoms with E-state index >= 15 is 0 Å². The Hall–Kier alpha value is -3.15. The van der Waals surface area contributed by atoms with E-state index in [1.807, 2.05) is 68.4 Å². The Kier molecular flexibility index (Phi) is 6.35. The lowest BCUT2D eigenvalue weighted by Gasteiger charge is -2.29. The van der Waals surface area contributed by atoms with Crippen molar-refractivity contribution in [1.82, 2.24) is 15.3 Å². The number of hydrogen-bond donors (Lipinski definition) is 2. The molecule has 0 unspecified atom stereocenters. The number of para-hydroxylation sites is 1. The summed E-state index contributed by atoms with van der Waals surface area (Å²) in [5, 5.41) is 7.71. The van der Waals surface area contributed by atoms with E-state index in [1.165, 1.54) is 0 Å². The van der Waals surface area contributed by atoms with Crippen LogP contribution in [-0.4, -0.2) is 42.6 Å². The average Bonchev–Trinajstić information content (AvgIpc) is 2.78. The Morgan fingerprint density at radius 3 is 2.42 bits per heavy atom. The van der Waals surface area contributed by atoms with Gasteiger partial charge in [-0.3, -0.25) is 4.79 Å². The van der Waals surface area contributed by atoms with Crippen LogP contribution < -0.4 is 15.5 Å². The number of amides is 1. The van der Waals surface area contributed by atoms with Crippen LogP contribution in [0.4, 0.5) is 11.8 Å². The van der Waals surface area contributed by atoms with Gasteiger partial charge in [-0.1, -0.05) is 29.8 Å². The van der Waals surface area contributed by atoms with Crippen molar-refractivity contribution in [3.05, 3.63) is 59.7 Å². The van der Waals surface area contributed by atoms with Crippen molar-refractivity contribution >= 4 is 28.6 Å². The molecule has 0 aliphatic heterocycles. The van der Waals surface area contributed by atoms with Gasteiger partial charge in [-0.15, -0.1) is 0 Å². The first-order chi connectivity index (χ1) is 15.0. The second-order valence-corrected chi connectivity index (χ2v) is 8.72. The van der Waals surface area contributed by atoms with E-state index in [4.69, 9.17) is 9.97 Å². The molecule has 0 bridgehead atoms. The summed E-state index contributed by atoms with van der Waals surface area (Å²) < 4.78 is 0. The summed E-state index contributed by atoms with van der Waals surface area (Å²) in [6, 6.07) is 16.2. The molecule has 0 saturated heterocycles. The topological polar surface area (TPSA) is 70.2 Å². The Labute approximate surface area is 184 Å². The highest BCUT2D eigenvalue weighted by Gasteiger charge is 2.23. The minimum atomic E-state index is 0.0148. The minimum absolute atomic E-state index is 0.0148. The maximum Gasteiger partial charge on any atom is 0.251 e. The van der Waals surface area contributed by atoms with Crippen LogP contribution in [0.1, 0.15) is 41.6 Å². The fraction of sp³-hybridized carbons (Fsp3) is 0.400. The highest BCUT2D eigenvalue weighted by molar-refractivity contribution is 5.94. The molecule has 0 radical (unpaired) electrons. The van der Waals surface area contributed by atoms with E-state index in [1.54, 1.807) is 0 Å². The van der Waals surface area contributed by atoms with E-state index in [0.29, 0.717) is 17.9 Å². The molecule has 3 aromatic rings. The molecule has 1 amide bonds. The molecule has 162 valence electrons. The molecule has 2 aromatic carbocycles. The standard InChI is InChI=1S/C25H31N5O/c1-17-8-12-19(13-9-17)24(31)26-16-18-10-14-20(15-11-18)27-25-28-22-7-5-4-6-21(22)23(29-25)30(2)3/h4-9,12-13,18,20H,10-11,14-16H2,1-3H3,(H,26,31)(H,27,28,29)/t18-,20+. The highest BCUT2D eigenvalue weighted by atomic mass is 16.1. The number of aryl methyl sites for hydroxylation is 1. The Morgan fingerprint density at radius 1 is 1.00 bits per heavy atom. The van der Waals surface area contributed by atoms with E-state index in [2.05, 4.69) is 16.7 Å². The van der Waals surface area contributed by atoms with Crippen LogP contribution in [0.5, 0.6) is 0 Å². The van der Waals surface area contributed by atoms with Crippen molar-refractivity contribution in [2.45, 2.75) is 38.6 Å². The summed E-state index contributed by atoms with van der Waals surface area (Å²) in [4.78, 5) is 23.9. The van der Waals surface area contributed by atoms with Crippen LogP contribution in [-0.2, 0) is 0 Å². The molecule has 1 saturated carbocycles.